The van der Waals surface area contributed by atoms with Crippen LogP contribution in [0.4, 0.5) is 30.7 Å². The molecule has 0 aliphatic rings. The van der Waals surface area contributed by atoms with Gasteiger partial charge in [0.05, 0.1) is 28.1 Å². The zero-order valence-electron chi connectivity index (χ0n) is 14.3. The van der Waals surface area contributed by atoms with Gasteiger partial charge in [-0.2, -0.15) is 26.3 Å². The van der Waals surface area contributed by atoms with E-state index in [4.69, 9.17) is 5.73 Å². The van der Waals surface area contributed by atoms with E-state index in [0.717, 1.165) is 24.4 Å². The molecule has 2 aromatic heterocycles. The first-order valence-electron chi connectivity index (χ1n) is 7.98. The molecule has 0 amide bonds. The zero-order valence-corrected chi connectivity index (χ0v) is 14.3. The summed E-state index contributed by atoms with van der Waals surface area (Å²) in [5.74, 6) is -1.82. The number of rotatable bonds is 3. The number of nitrogens with zero attached hydrogens (tertiary/aromatic N) is 3. The third-order valence-corrected chi connectivity index (χ3v) is 3.98. The Balaban J connectivity index is 2.13. The summed E-state index contributed by atoms with van der Waals surface area (Å²) in [6.07, 6.45) is -7.87. The minimum Gasteiger partial charge on any atom is -0.326 e. The van der Waals surface area contributed by atoms with E-state index < -0.39 is 40.7 Å². The maximum Gasteiger partial charge on any atom is 0.417 e. The van der Waals surface area contributed by atoms with E-state index in [1.165, 1.54) is 6.07 Å². The Morgan fingerprint density at radius 2 is 1.55 bits per heavy atom. The van der Waals surface area contributed by atoms with Crippen LogP contribution in [0, 0.1) is 5.82 Å². The Morgan fingerprint density at radius 3 is 2.10 bits per heavy atom. The van der Waals surface area contributed by atoms with Crippen LogP contribution in [0.3, 0.4) is 0 Å². The average molecular weight is 416 g/mol. The molecule has 1 aromatic carbocycles. The molecule has 152 valence electrons. The number of hydrogen-bond acceptors (Lipinski definition) is 4. The summed E-state index contributed by atoms with van der Waals surface area (Å²) in [6.45, 7) is -0.350. The van der Waals surface area contributed by atoms with Crippen LogP contribution >= 0.6 is 0 Å². The molecule has 0 fully saturated rings. The number of halogens is 7. The third-order valence-electron chi connectivity index (χ3n) is 3.98. The van der Waals surface area contributed by atoms with Gasteiger partial charge < -0.3 is 5.73 Å². The van der Waals surface area contributed by atoms with Gasteiger partial charge in [-0.3, -0.25) is 4.98 Å². The van der Waals surface area contributed by atoms with Crippen LogP contribution in [0.25, 0.3) is 22.8 Å². The van der Waals surface area contributed by atoms with Crippen molar-refractivity contribution in [1.82, 2.24) is 15.0 Å². The SMILES string of the molecule is NCc1ccc(C(F)(F)F)c(-c2nccc(-c3ccc(C(F)(F)F)cn3)n2)c1F. The molecule has 2 N–H and O–H groups in total. The highest BCUT2D eigenvalue weighted by Crippen LogP contribution is 2.38. The number of alkyl halides is 6. The standard InChI is InChI=1S/C18H11F7N4/c19-15-9(7-26)1-3-11(18(23,24)25)14(15)16-27-6-5-13(29-16)12-4-2-10(8-28-12)17(20,21)22/h1-6,8H,7,26H2. The summed E-state index contributed by atoms with van der Waals surface area (Å²) in [5.41, 5.74) is 1.87. The fourth-order valence-corrected chi connectivity index (χ4v) is 2.57. The minimum absolute atomic E-state index is 0.0504. The van der Waals surface area contributed by atoms with E-state index in [1.54, 1.807) is 0 Å². The number of aromatic nitrogens is 3. The predicted molar refractivity (Wildman–Crippen MR) is 88.6 cm³/mol. The van der Waals surface area contributed by atoms with Gasteiger partial charge in [0.15, 0.2) is 5.82 Å². The first-order valence-corrected chi connectivity index (χ1v) is 7.98. The van der Waals surface area contributed by atoms with Crippen molar-refractivity contribution in [2.75, 3.05) is 0 Å². The Bertz CT molecular complexity index is 1030. The smallest absolute Gasteiger partial charge is 0.326 e. The maximum atomic E-state index is 14.7. The molecular weight excluding hydrogens is 405 g/mol. The van der Waals surface area contributed by atoms with Gasteiger partial charge in [-0.25, -0.2) is 14.4 Å². The summed E-state index contributed by atoms with van der Waals surface area (Å²) in [6, 6.07) is 4.58. The van der Waals surface area contributed by atoms with Crippen molar-refractivity contribution in [3.63, 3.8) is 0 Å². The molecule has 11 heteroatoms. The summed E-state index contributed by atoms with van der Waals surface area (Å²) in [7, 11) is 0. The van der Waals surface area contributed by atoms with Crippen LogP contribution < -0.4 is 5.73 Å². The van der Waals surface area contributed by atoms with Crippen molar-refractivity contribution >= 4 is 0 Å². The van der Waals surface area contributed by atoms with Crippen molar-refractivity contribution in [3.05, 3.63) is 65.2 Å². The first kappa shape index (κ1) is 20.6. The van der Waals surface area contributed by atoms with E-state index in [-0.39, 0.29) is 23.5 Å². The lowest BCUT2D eigenvalue weighted by molar-refractivity contribution is -0.138. The average Bonchev–Trinajstić information content (AvgIpc) is 2.66. The molecule has 4 nitrogen and oxygen atoms in total. The fraction of sp³-hybridized carbons (Fsp3) is 0.167. The van der Waals surface area contributed by atoms with Gasteiger partial charge in [0, 0.05) is 24.5 Å². The largest absolute Gasteiger partial charge is 0.417 e. The molecule has 3 aromatic rings. The summed E-state index contributed by atoms with van der Waals surface area (Å²) < 4.78 is 92.7. The Kier molecular flexibility index (Phi) is 5.26. The molecule has 0 aliphatic carbocycles. The lowest BCUT2D eigenvalue weighted by Gasteiger charge is -2.15. The van der Waals surface area contributed by atoms with Crippen molar-refractivity contribution in [1.29, 1.82) is 0 Å². The van der Waals surface area contributed by atoms with Crippen LogP contribution in [-0.4, -0.2) is 15.0 Å². The van der Waals surface area contributed by atoms with Crippen molar-refractivity contribution in [3.8, 4) is 22.8 Å². The van der Waals surface area contributed by atoms with Crippen LogP contribution in [-0.2, 0) is 18.9 Å². The van der Waals surface area contributed by atoms with Crippen LogP contribution in [0.2, 0.25) is 0 Å². The second kappa shape index (κ2) is 7.39. The molecule has 0 unspecified atom stereocenters. The third kappa shape index (κ3) is 4.19. The van der Waals surface area contributed by atoms with Gasteiger partial charge >= 0.3 is 12.4 Å². The molecule has 0 bridgehead atoms. The van der Waals surface area contributed by atoms with Gasteiger partial charge in [0.2, 0.25) is 0 Å². The summed E-state index contributed by atoms with van der Waals surface area (Å²) in [4.78, 5) is 11.2. The molecule has 2 heterocycles. The predicted octanol–water partition coefficient (Wildman–Crippen LogP) is 4.84. The van der Waals surface area contributed by atoms with Gasteiger partial charge in [0.1, 0.15) is 5.82 Å². The number of pyridine rings is 1. The lowest BCUT2D eigenvalue weighted by Crippen LogP contribution is -2.12. The van der Waals surface area contributed by atoms with Crippen LogP contribution in [0.15, 0.2) is 42.7 Å². The second-order valence-electron chi connectivity index (χ2n) is 5.86. The summed E-state index contributed by atoms with van der Waals surface area (Å²) in [5, 5.41) is 0. The first-order chi connectivity index (χ1) is 13.5. The van der Waals surface area contributed by atoms with Crippen molar-refractivity contribution < 1.29 is 30.7 Å². The van der Waals surface area contributed by atoms with Gasteiger partial charge in [-0.05, 0) is 24.3 Å². The van der Waals surface area contributed by atoms with Crippen LogP contribution in [0.1, 0.15) is 16.7 Å². The highest BCUT2D eigenvalue weighted by molar-refractivity contribution is 5.66. The number of benzene rings is 1. The zero-order chi connectivity index (χ0) is 21.4. The Hall–Kier alpha value is -3.08. The van der Waals surface area contributed by atoms with Gasteiger partial charge in [-0.15, -0.1) is 0 Å². The normalized spacial score (nSPS) is 12.3. The van der Waals surface area contributed by atoms with Gasteiger partial charge in [0.25, 0.3) is 0 Å². The fourth-order valence-electron chi connectivity index (χ4n) is 2.57. The lowest BCUT2D eigenvalue weighted by atomic mass is 10.0. The highest BCUT2D eigenvalue weighted by atomic mass is 19.4. The molecule has 0 radical (unpaired) electrons. The van der Waals surface area contributed by atoms with Crippen LogP contribution in [0.5, 0.6) is 0 Å². The second-order valence-corrected chi connectivity index (χ2v) is 5.86. The Morgan fingerprint density at radius 1 is 0.828 bits per heavy atom. The molecule has 0 spiro atoms. The quantitative estimate of drug-likeness (QED) is 0.621. The minimum atomic E-state index is -4.89. The maximum absolute atomic E-state index is 14.7. The molecular formula is C18H11F7N4. The molecule has 0 saturated carbocycles. The highest BCUT2D eigenvalue weighted by Gasteiger charge is 2.37. The molecule has 0 saturated heterocycles. The van der Waals surface area contributed by atoms with E-state index in [1.807, 2.05) is 0 Å². The van der Waals surface area contributed by atoms with Crippen molar-refractivity contribution in [2.24, 2.45) is 5.73 Å². The van der Waals surface area contributed by atoms with Crippen molar-refractivity contribution in [2.45, 2.75) is 18.9 Å². The van der Waals surface area contributed by atoms with E-state index in [0.29, 0.717) is 12.3 Å². The summed E-state index contributed by atoms with van der Waals surface area (Å²) >= 11 is 0. The topological polar surface area (TPSA) is 64.7 Å². The van der Waals surface area contributed by atoms with E-state index in [9.17, 15) is 30.7 Å². The monoisotopic (exact) mass is 416 g/mol. The van der Waals surface area contributed by atoms with E-state index in [2.05, 4.69) is 15.0 Å². The van der Waals surface area contributed by atoms with Gasteiger partial charge in [-0.1, -0.05) is 6.07 Å². The molecule has 29 heavy (non-hydrogen) atoms. The Labute approximate surface area is 159 Å². The van der Waals surface area contributed by atoms with E-state index >= 15 is 0 Å². The molecule has 0 atom stereocenters. The number of hydrogen-bond donors (Lipinski definition) is 1. The molecule has 0 aliphatic heterocycles. The molecule has 3 rings (SSSR count). The number of nitrogens with two attached hydrogens (primary N) is 1.